The zero-order chi connectivity index (χ0) is 22.5. The number of aromatic nitrogens is 3. The van der Waals surface area contributed by atoms with Crippen LogP contribution in [-0.2, 0) is 6.54 Å². The molecule has 0 spiro atoms. The molecule has 0 radical (unpaired) electrons. The summed E-state index contributed by atoms with van der Waals surface area (Å²) in [5, 5.41) is 6.59. The fourth-order valence-electron chi connectivity index (χ4n) is 3.52. The van der Waals surface area contributed by atoms with Gasteiger partial charge in [-0.05, 0) is 56.5 Å². The number of methoxy groups -OCH3 is 3. The van der Waals surface area contributed by atoms with E-state index < -0.39 is 0 Å². The van der Waals surface area contributed by atoms with Gasteiger partial charge in [0.25, 0.3) is 0 Å². The average molecular weight is 424 g/mol. The normalized spacial score (nSPS) is 10.5. The van der Waals surface area contributed by atoms with Gasteiger partial charge in [0.05, 0.1) is 21.3 Å². The number of nitrogens with one attached hydrogen (secondary N) is 2. The molecule has 0 atom stereocenters. The lowest BCUT2D eigenvalue weighted by atomic mass is 10.1. The predicted octanol–water partition coefficient (Wildman–Crippen LogP) is 4.49. The van der Waals surface area contributed by atoms with Crippen LogP contribution in [0.4, 0.5) is 17.6 Å². The van der Waals surface area contributed by atoms with E-state index in [-0.39, 0.29) is 0 Å². The molecule has 1 aromatic heterocycles. The molecule has 0 amide bonds. The molecule has 0 saturated heterocycles. The molecule has 8 heteroatoms. The van der Waals surface area contributed by atoms with Crippen molar-refractivity contribution in [3.63, 3.8) is 0 Å². The van der Waals surface area contributed by atoms with Crippen molar-refractivity contribution in [1.82, 2.24) is 15.0 Å². The van der Waals surface area contributed by atoms with E-state index in [1.165, 1.54) is 5.56 Å². The van der Waals surface area contributed by atoms with Gasteiger partial charge in [-0.3, -0.25) is 0 Å². The molecule has 0 saturated carbocycles. The van der Waals surface area contributed by atoms with Gasteiger partial charge in [0.2, 0.25) is 17.6 Å². The lowest BCUT2D eigenvalue weighted by Crippen LogP contribution is -2.09. The number of hydrogen-bond donors (Lipinski definition) is 2. The molecule has 0 bridgehead atoms. The Balaban J connectivity index is 1.82. The molecule has 1 heterocycles. The molecule has 3 aromatic rings. The molecule has 0 fully saturated rings. The van der Waals surface area contributed by atoms with Gasteiger partial charge < -0.3 is 24.8 Å². The standard InChI is InChI=1S/C23H29N5O3/c1-13-8-14(2)20(15(3)9-13)27-23-26-16(4)25-22(28-23)24-12-17-10-18(29-5)21(31-7)19(11-17)30-6/h8-11H,12H2,1-7H3,(H2,24,25,26,27,28). The van der Waals surface area contributed by atoms with Crippen LogP contribution in [0.2, 0.25) is 0 Å². The maximum atomic E-state index is 5.42. The Labute approximate surface area is 183 Å². The Kier molecular flexibility index (Phi) is 6.79. The van der Waals surface area contributed by atoms with E-state index in [2.05, 4.69) is 58.5 Å². The first-order valence-electron chi connectivity index (χ1n) is 9.95. The third-order valence-electron chi connectivity index (χ3n) is 4.84. The maximum absolute atomic E-state index is 5.42. The Morgan fingerprint density at radius 2 is 1.32 bits per heavy atom. The lowest BCUT2D eigenvalue weighted by Gasteiger charge is -2.15. The van der Waals surface area contributed by atoms with Crippen LogP contribution in [0.15, 0.2) is 24.3 Å². The van der Waals surface area contributed by atoms with Crippen LogP contribution in [0.5, 0.6) is 17.2 Å². The van der Waals surface area contributed by atoms with E-state index in [4.69, 9.17) is 14.2 Å². The lowest BCUT2D eigenvalue weighted by molar-refractivity contribution is 0.324. The maximum Gasteiger partial charge on any atom is 0.232 e. The molecular formula is C23H29N5O3. The van der Waals surface area contributed by atoms with Crippen molar-refractivity contribution in [2.24, 2.45) is 0 Å². The first-order valence-corrected chi connectivity index (χ1v) is 9.95. The number of rotatable bonds is 8. The zero-order valence-corrected chi connectivity index (χ0v) is 19.1. The van der Waals surface area contributed by atoms with Crippen molar-refractivity contribution in [1.29, 1.82) is 0 Å². The predicted molar refractivity (Wildman–Crippen MR) is 122 cm³/mol. The van der Waals surface area contributed by atoms with Crippen molar-refractivity contribution in [2.45, 2.75) is 34.2 Å². The van der Waals surface area contributed by atoms with Gasteiger partial charge in [-0.15, -0.1) is 0 Å². The molecule has 2 N–H and O–H groups in total. The number of ether oxygens (including phenoxy) is 3. The minimum Gasteiger partial charge on any atom is -0.493 e. The first-order chi connectivity index (χ1) is 14.8. The highest BCUT2D eigenvalue weighted by atomic mass is 16.5. The van der Waals surface area contributed by atoms with E-state index in [0.29, 0.717) is 41.5 Å². The SMILES string of the molecule is COc1cc(CNc2nc(C)nc(Nc3c(C)cc(C)cc3C)n2)cc(OC)c1OC. The van der Waals surface area contributed by atoms with Crippen molar-refractivity contribution in [3.8, 4) is 17.2 Å². The first kappa shape index (κ1) is 22.1. The molecule has 0 unspecified atom stereocenters. The number of anilines is 3. The second-order valence-electron chi connectivity index (χ2n) is 7.32. The monoisotopic (exact) mass is 423 g/mol. The summed E-state index contributed by atoms with van der Waals surface area (Å²) in [7, 11) is 4.77. The van der Waals surface area contributed by atoms with Gasteiger partial charge in [-0.25, -0.2) is 0 Å². The Hall–Kier alpha value is -3.55. The smallest absolute Gasteiger partial charge is 0.232 e. The number of hydrogen-bond acceptors (Lipinski definition) is 8. The van der Waals surface area contributed by atoms with Crippen LogP contribution < -0.4 is 24.8 Å². The van der Waals surface area contributed by atoms with Crippen molar-refractivity contribution in [2.75, 3.05) is 32.0 Å². The molecule has 8 nitrogen and oxygen atoms in total. The summed E-state index contributed by atoms with van der Waals surface area (Å²) in [6.07, 6.45) is 0. The summed E-state index contributed by atoms with van der Waals surface area (Å²) in [6, 6.07) is 8.04. The summed E-state index contributed by atoms with van der Waals surface area (Å²) in [4.78, 5) is 13.4. The molecule has 2 aromatic carbocycles. The van der Waals surface area contributed by atoms with Crippen molar-refractivity contribution in [3.05, 3.63) is 52.3 Å². The van der Waals surface area contributed by atoms with Crippen LogP contribution in [-0.4, -0.2) is 36.3 Å². The van der Waals surface area contributed by atoms with E-state index in [1.54, 1.807) is 21.3 Å². The van der Waals surface area contributed by atoms with Crippen LogP contribution in [0.25, 0.3) is 0 Å². The largest absolute Gasteiger partial charge is 0.493 e. The van der Waals surface area contributed by atoms with Crippen LogP contribution in [0.1, 0.15) is 28.1 Å². The number of aryl methyl sites for hydroxylation is 4. The Bertz CT molecular complexity index is 1040. The topological polar surface area (TPSA) is 90.4 Å². The van der Waals surface area contributed by atoms with Crippen molar-refractivity contribution < 1.29 is 14.2 Å². The second kappa shape index (κ2) is 9.51. The highest BCUT2D eigenvalue weighted by Crippen LogP contribution is 2.38. The van der Waals surface area contributed by atoms with E-state index >= 15 is 0 Å². The quantitative estimate of drug-likeness (QED) is 0.548. The molecule has 3 rings (SSSR count). The third kappa shape index (κ3) is 5.14. The average Bonchev–Trinajstić information content (AvgIpc) is 2.73. The van der Waals surface area contributed by atoms with Crippen LogP contribution >= 0.6 is 0 Å². The molecule has 31 heavy (non-hydrogen) atoms. The Morgan fingerprint density at radius 3 is 1.87 bits per heavy atom. The van der Waals surface area contributed by atoms with Crippen LogP contribution in [0, 0.1) is 27.7 Å². The summed E-state index contributed by atoms with van der Waals surface area (Å²) >= 11 is 0. The summed E-state index contributed by atoms with van der Waals surface area (Å²) in [5.74, 6) is 3.34. The molecular weight excluding hydrogens is 394 g/mol. The van der Waals surface area contributed by atoms with Gasteiger partial charge in [0, 0.05) is 12.2 Å². The van der Waals surface area contributed by atoms with Gasteiger partial charge in [0.15, 0.2) is 11.5 Å². The van der Waals surface area contributed by atoms with E-state index in [0.717, 1.165) is 22.4 Å². The highest BCUT2D eigenvalue weighted by Gasteiger charge is 2.14. The van der Waals surface area contributed by atoms with E-state index in [9.17, 15) is 0 Å². The van der Waals surface area contributed by atoms with Crippen molar-refractivity contribution >= 4 is 17.6 Å². The van der Waals surface area contributed by atoms with Gasteiger partial charge in [-0.2, -0.15) is 15.0 Å². The fraction of sp³-hybridized carbons (Fsp3) is 0.348. The van der Waals surface area contributed by atoms with E-state index in [1.807, 2.05) is 19.1 Å². The Morgan fingerprint density at radius 1 is 0.742 bits per heavy atom. The highest BCUT2D eigenvalue weighted by molar-refractivity contribution is 5.64. The molecule has 0 aliphatic carbocycles. The summed E-state index contributed by atoms with van der Waals surface area (Å²) < 4.78 is 16.2. The number of benzene rings is 2. The molecule has 0 aliphatic heterocycles. The molecule has 0 aliphatic rings. The fourth-order valence-corrected chi connectivity index (χ4v) is 3.52. The number of nitrogens with zero attached hydrogens (tertiary/aromatic N) is 3. The van der Waals surface area contributed by atoms with Gasteiger partial charge in [-0.1, -0.05) is 17.7 Å². The third-order valence-corrected chi connectivity index (χ3v) is 4.84. The summed E-state index contributed by atoms with van der Waals surface area (Å²) in [6.45, 7) is 8.54. The van der Waals surface area contributed by atoms with Gasteiger partial charge in [0.1, 0.15) is 5.82 Å². The minimum atomic E-state index is 0.474. The zero-order valence-electron chi connectivity index (χ0n) is 19.1. The molecule has 164 valence electrons. The second-order valence-corrected chi connectivity index (χ2v) is 7.32. The van der Waals surface area contributed by atoms with Crippen LogP contribution in [0.3, 0.4) is 0 Å². The minimum absolute atomic E-state index is 0.474. The van der Waals surface area contributed by atoms with Gasteiger partial charge >= 0.3 is 0 Å². The summed E-state index contributed by atoms with van der Waals surface area (Å²) in [5.41, 5.74) is 5.45.